The van der Waals surface area contributed by atoms with Gasteiger partial charge in [0, 0.05) is 30.6 Å². The Bertz CT molecular complexity index is 2100. The summed E-state index contributed by atoms with van der Waals surface area (Å²) in [6.45, 7) is 6.86. The Labute approximate surface area is 323 Å². The first-order chi connectivity index (χ1) is 26.3. The Balaban J connectivity index is 0.000000223. The van der Waals surface area contributed by atoms with Crippen LogP contribution in [0.5, 0.6) is 0 Å². The Morgan fingerprint density at radius 2 is 1.62 bits per heavy atom. The second-order valence-electron chi connectivity index (χ2n) is 14.4. The first kappa shape index (κ1) is 40.1. The Morgan fingerprint density at radius 1 is 0.964 bits per heavy atom. The van der Waals surface area contributed by atoms with Gasteiger partial charge in [0.05, 0.1) is 19.2 Å². The van der Waals surface area contributed by atoms with Crippen molar-refractivity contribution in [1.82, 2.24) is 45.2 Å². The molecule has 0 bridgehead atoms. The summed E-state index contributed by atoms with van der Waals surface area (Å²) in [6, 6.07) is 2.71. The molecule has 21 nitrogen and oxygen atoms in total. The monoisotopic (exact) mass is 817 g/mol. The lowest BCUT2D eigenvalue weighted by molar-refractivity contribution is -0.161. The molecular formula is C33H39N9O12S2. The molecule has 0 saturated carbocycles. The van der Waals surface area contributed by atoms with Crippen molar-refractivity contribution in [1.29, 1.82) is 0 Å². The lowest BCUT2D eigenvalue weighted by Gasteiger charge is -2.44. The van der Waals surface area contributed by atoms with Gasteiger partial charge in [0.25, 0.3) is 0 Å². The Hall–Kier alpha value is -5.58. The lowest BCUT2D eigenvalue weighted by Crippen LogP contribution is -2.71. The minimum Gasteiger partial charge on any atom is -0.480 e. The minimum atomic E-state index is -3.80. The number of nitrogens with one attached hydrogen (secondary N) is 2. The van der Waals surface area contributed by atoms with Crippen LogP contribution in [0.4, 0.5) is 4.79 Å². The number of urea groups is 1. The minimum absolute atomic E-state index is 0.0200. The zero-order valence-electron chi connectivity index (χ0n) is 30.5. The van der Waals surface area contributed by atoms with Crippen molar-refractivity contribution in [3.63, 3.8) is 0 Å². The van der Waals surface area contributed by atoms with Crippen molar-refractivity contribution >= 4 is 69.1 Å². The number of carbonyl (C=O) groups is 8. The fourth-order valence-corrected chi connectivity index (χ4v) is 11.6. The van der Waals surface area contributed by atoms with Gasteiger partial charge < -0.3 is 35.5 Å². The molecule has 0 radical (unpaired) electrons. The number of rotatable bonds is 9. The van der Waals surface area contributed by atoms with Crippen molar-refractivity contribution in [2.75, 3.05) is 19.6 Å². The Kier molecular flexibility index (Phi) is 10.4. The fourth-order valence-electron chi connectivity index (χ4n) is 7.63. The maximum Gasteiger partial charge on any atom is 0.328 e. The number of nitrogens with zero attached hydrogens (tertiary/aromatic N) is 7. The maximum absolute atomic E-state index is 13.3. The molecule has 7 amide bonds. The van der Waals surface area contributed by atoms with E-state index in [1.54, 1.807) is 51.1 Å². The van der Waals surface area contributed by atoms with E-state index in [0.717, 1.165) is 9.80 Å². The molecule has 7 atom stereocenters. The van der Waals surface area contributed by atoms with E-state index < -0.39 is 102 Å². The predicted molar refractivity (Wildman–Crippen MR) is 191 cm³/mol. The van der Waals surface area contributed by atoms with Gasteiger partial charge in [-0.15, -0.1) is 16.9 Å². The maximum atomic E-state index is 13.3. The van der Waals surface area contributed by atoms with Crippen LogP contribution in [-0.4, -0.2) is 159 Å². The van der Waals surface area contributed by atoms with Crippen LogP contribution < -0.4 is 10.6 Å². The number of piperazine rings is 1. The summed E-state index contributed by atoms with van der Waals surface area (Å²) >= 11 is 1.28. The fraction of sp³-hybridized carbons (Fsp3) is 0.515. The van der Waals surface area contributed by atoms with E-state index in [2.05, 4.69) is 20.9 Å². The van der Waals surface area contributed by atoms with Gasteiger partial charge in [-0.25, -0.2) is 22.8 Å². The van der Waals surface area contributed by atoms with Crippen LogP contribution in [-0.2, 0) is 49.9 Å². The molecule has 2 unspecified atom stereocenters. The predicted octanol–water partition coefficient (Wildman–Crippen LogP) is -1.76. The van der Waals surface area contributed by atoms with Crippen molar-refractivity contribution in [3.05, 3.63) is 48.3 Å². The summed E-state index contributed by atoms with van der Waals surface area (Å²) in [5.74, 6) is -5.90. The highest BCUT2D eigenvalue weighted by atomic mass is 32.2. The molecule has 0 spiro atoms. The van der Waals surface area contributed by atoms with Crippen LogP contribution >= 0.6 is 11.8 Å². The van der Waals surface area contributed by atoms with Crippen LogP contribution in [0.3, 0.4) is 0 Å². The number of amides is 7. The number of benzene rings is 1. The number of fused-ring (bicyclic) bond motifs is 2. The zero-order valence-corrected chi connectivity index (χ0v) is 32.1. The molecule has 5 fully saturated rings. The number of imide groups is 1. The van der Waals surface area contributed by atoms with Crippen molar-refractivity contribution < 1.29 is 57.0 Å². The SMILES string of the molecule is CCN1CCN(C(=O)N[C@@H](C(=O)N[C@@H]2C(=O)N3C2SC(C)(C)[C@@H]3C(=O)O)c2ccccc2)C(=O)C1=O.C[C@]1(Cn2ccnn2)[C@H](C(=O)O)N2C(=O)CC2S1(=O)=O. The highest BCUT2D eigenvalue weighted by Gasteiger charge is 2.70. The van der Waals surface area contributed by atoms with Gasteiger partial charge in [0.15, 0.2) is 15.9 Å². The van der Waals surface area contributed by atoms with E-state index in [0.29, 0.717) is 12.1 Å². The number of carbonyl (C=O) groups excluding carboxylic acids is 6. The van der Waals surface area contributed by atoms with Gasteiger partial charge in [-0.05, 0) is 33.3 Å². The van der Waals surface area contributed by atoms with Crippen molar-refractivity contribution in [2.24, 2.45) is 0 Å². The molecule has 1 aromatic carbocycles. The largest absolute Gasteiger partial charge is 0.480 e. The number of carboxylic acids is 2. The van der Waals surface area contributed by atoms with Gasteiger partial charge >= 0.3 is 29.8 Å². The molecule has 0 aliphatic carbocycles. The van der Waals surface area contributed by atoms with Crippen LogP contribution in [0.15, 0.2) is 42.7 Å². The summed E-state index contributed by atoms with van der Waals surface area (Å²) in [7, 11) is -3.80. The second-order valence-corrected chi connectivity index (χ2v) is 18.7. The number of carboxylic acid groups (broad SMARTS) is 2. The standard InChI is InChI=1S/C23H27N5O7S.C10H12N4O5S/c1-4-26-10-11-27(19(32)18(26)31)22(35)25-13(12-8-6-5-7-9-12)16(29)24-14-17(30)28-15(21(33)34)23(2,3)36-20(14)28;1-10(5-13-3-2-11-12-13)8(9(16)17)14-6(15)4-7(14)20(10,18)19/h5-9,13-15,20H,4,10-11H2,1-3H3,(H,24,29)(H,25,35)(H,33,34);2-3,7-8H,4-5H2,1H3,(H,16,17)/t13-,14-,15+,20?;7?,8-,10-/m10/s1. The summed E-state index contributed by atoms with van der Waals surface area (Å²) in [5, 5.41) is 29.7. The third kappa shape index (κ3) is 6.50. The van der Waals surface area contributed by atoms with E-state index in [9.17, 15) is 57.0 Å². The first-order valence-corrected chi connectivity index (χ1v) is 19.8. The van der Waals surface area contributed by atoms with Gasteiger partial charge in [-0.2, -0.15) is 0 Å². The molecule has 7 rings (SSSR count). The molecule has 56 heavy (non-hydrogen) atoms. The summed E-state index contributed by atoms with van der Waals surface area (Å²) in [4.78, 5) is 103. The summed E-state index contributed by atoms with van der Waals surface area (Å²) < 4.78 is 24.0. The number of hydrogen-bond acceptors (Lipinski definition) is 13. The molecule has 23 heteroatoms. The van der Waals surface area contributed by atoms with Gasteiger partial charge in [0.2, 0.25) is 17.7 Å². The molecular weight excluding hydrogens is 779 g/mol. The number of likely N-dealkylation sites (N-methyl/N-ethyl adjacent to an activating group) is 1. The first-order valence-electron chi connectivity index (χ1n) is 17.4. The van der Waals surface area contributed by atoms with E-state index in [1.165, 1.54) is 45.6 Å². The van der Waals surface area contributed by atoms with Gasteiger partial charge in [0.1, 0.15) is 33.6 Å². The number of hydrogen-bond donors (Lipinski definition) is 4. The van der Waals surface area contributed by atoms with Gasteiger partial charge in [-0.1, -0.05) is 35.5 Å². The van der Waals surface area contributed by atoms with Crippen molar-refractivity contribution in [2.45, 2.75) is 85.1 Å². The second kappa shape index (κ2) is 14.5. The summed E-state index contributed by atoms with van der Waals surface area (Å²) in [6.07, 6.45) is 2.68. The average Bonchev–Trinajstić information content (AvgIpc) is 3.78. The van der Waals surface area contributed by atoms with Crippen LogP contribution in [0.25, 0.3) is 0 Å². The quantitative estimate of drug-likeness (QED) is 0.161. The number of β-lactam (4-membered cyclic amide) rings is 2. The molecule has 6 heterocycles. The van der Waals surface area contributed by atoms with Crippen molar-refractivity contribution in [3.8, 4) is 0 Å². The molecule has 1 aromatic heterocycles. The zero-order chi connectivity index (χ0) is 41.1. The average molecular weight is 818 g/mol. The normalized spacial score (nSPS) is 28.9. The molecule has 300 valence electrons. The lowest BCUT2D eigenvalue weighted by atomic mass is 9.95. The van der Waals surface area contributed by atoms with Crippen LogP contribution in [0.1, 0.15) is 45.7 Å². The number of thioether (sulfide) groups is 1. The third-order valence-electron chi connectivity index (χ3n) is 10.6. The molecule has 5 aliphatic rings. The van der Waals surface area contributed by atoms with E-state index in [1.807, 2.05) is 0 Å². The third-order valence-corrected chi connectivity index (χ3v) is 14.9. The molecule has 4 N–H and O–H groups in total. The molecule has 5 aliphatic heterocycles. The van der Waals surface area contributed by atoms with Crippen LogP contribution in [0, 0.1) is 0 Å². The number of aliphatic carboxylic acids is 2. The molecule has 2 aromatic rings. The van der Waals surface area contributed by atoms with Gasteiger partial charge in [-0.3, -0.25) is 33.6 Å². The van der Waals surface area contributed by atoms with E-state index in [-0.39, 0.29) is 26.1 Å². The highest BCUT2D eigenvalue weighted by molar-refractivity contribution is 8.01. The highest BCUT2D eigenvalue weighted by Crippen LogP contribution is 2.51. The Morgan fingerprint density at radius 3 is 2.20 bits per heavy atom. The topological polar surface area (TPSA) is 279 Å². The van der Waals surface area contributed by atoms with E-state index >= 15 is 0 Å². The molecule has 5 saturated heterocycles. The number of aromatic nitrogens is 3. The van der Waals surface area contributed by atoms with E-state index in [4.69, 9.17) is 0 Å². The van der Waals surface area contributed by atoms with Crippen LogP contribution in [0.2, 0.25) is 0 Å². The smallest absolute Gasteiger partial charge is 0.328 e. The summed E-state index contributed by atoms with van der Waals surface area (Å²) in [5.41, 5.74) is 0.403. The number of sulfone groups is 1.